The third-order valence-corrected chi connectivity index (χ3v) is 16.2. The average Bonchev–Trinajstić information content (AvgIpc) is 3.69. The topological polar surface area (TPSA) is 187 Å². The predicted molar refractivity (Wildman–Crippen MR) is 277 cm³/mol. The zero-order valence-corrected chi connectivity index (χ0v) is 43.0. The molecule has 6 heterocycles. The van der Waals surface area contributed by atoms with Gasteiger partial charge in [-0.25, -0.2) is 4.98 Å². The van der Waals surface area contributed by atoms with Crippen molar-refractivity contribution in [1.29, 1.82) is 0 Å². The molecule has 2 aromatic heterocycles. The summed E-state index contributed by atoms with van der Waals surface area (Å²) in [6, 6.07) is 13.4. The summed E-state index contributed by atoms with van der Waals surface area (Å²) in [6.45, 7) is 14.1. The van der Waals surface area contributed by atoms with E-state index in [1.165, 1.54) is 18.5 Å². The first-order valence-corrected chi connectivity index (χ1v) is 27.9. The number of ether oxygens (including phenoxy) is 2. The molecule has 3 N–H and O–H groups in total. The molecule has 1 unspecified atom stereocenters. The Morgan fingerprint density at radius 2 is 1.63 bits per heavy atom. The number of piperidine rings is 2. The van der Waals surface area contributed by atoms with Crippen LogP contribution in [-0.2, 0) is 20.7 Å². The number of methoxy groups -OCH3 is 1. The summed E-state index contributed by atoms with van der Waals surface area (Å²) in [5.41, 5.74) is 6.40. The molecule has 370 valence electrons. The number of nitrogens with zero attached hydrogens (tertiary/aromatic N) is 8. The SMILES string of the molecule is COc1cc(N2CCC(N3CCN(CCCCCCCOc4cccc5c4CN(C4CCC(=O)NC4=O)C5=O)CC3)CC2)c(C)cc1Nc1ncc(Br)c(Nc2ccc3nccnc3c2P(C)(C)=O)n1. The number of rotatable bonds is 18. The maximum Gasteiger partial charge on any atom is 0.255 e. The van der Waals surface area contributed by atoms with Crippen molar-refractivity contribution in [1.82, 2.24) is 40.0 Å². The van der Waals surface area contributed by atoms with Gasteiger partial charge >= 0.3 is 0 Å². The fraction of sp³-hybridized carbons (Fsp3) is 0.471. The number of amides is 3. The van der Waals surface area contributed by atoms with Gasteiger partial charge in [0.15, 0.2) is 0 Å². The number of aromatic nitrogens is 4. The predicted octanol–water partition coefficient (Wildman–Crippen LogP) is 7.61. The molecule has 0 radical (unpaired) electrons. The number of carbonyl (C=O) groups is 3. The first kappa shape index (κ1) is 49.3. The quantitative estimate of drug-likeness (QED) is 0.0442. The molecule has 4 aliphatic heterocycles. The van der Waals surface area contributed by atoms with Crippen molar-refractivity contribution in [2.24, 2.45) is 0 Å². The number of nitrogens with one attached hydrogen (secondary N) is 3. The number of fused-ring (bicyclic) bond motifs is 2. The highest BCUT2D eigenvalue weighted by atomic mass is 79.9. The number of hydrogen-bond acceptors (Lipinski definition) is 15. The van der Waals surface area contributed by atoms with Crippen LogP contribution in [0.15, 0.2) is 65.5 Å². The van der Waals surface area contributed by atoms with E-state index in [9.17, 15) is 18.9 Å². The van der Waals surface area contributed by atoms with E-state index in [0.29, 0.717) is 80.9 Å². The molecule has 3 saturated heterocycles. The Labute approximate surface area is 418 Å². The largest absolute Gasteiger partial charge is 0.494 e. The molecule has 1 atom stereocenters. The highest BCUT2D eigenvalue weighted by Crippen LogP contribution is 2.42. The van der Waals surface area contributed by atoms with Crippen LogP contribution in [0.25, 0.3) is 11.0 Å². The van der Waals surface area contributed by atoms with Crippen molar-refractivity contribution < 1.29 is 28.4 Å². The lowest BCUT2D eigenvalue weighted by atomic mass is 10.00. The third kappa shape index (κ3) is 11.1. The fourth-order valence-electron chi connectivity index (χ4n) is 10.4. The van der Waals surface area contributed by atoms with Gasteiger partial charge in [-0.15, -0.1) is 0 Å². The maximum absolute atomic E-state index is 13.5. The number of aryl methyl sites for hydroxylation is 1. The van der Waals surface area contributed by atoms with Crippen LogP contribution in [0.3, 0.4) is 0 Å². The minimum atomic E-state index is -2.77. The number of hydrogen-bond donors (Lipinski definition) is 3. The molecule has 70 heavy (non-hydrogen) atoms. The van der Waals surface area contributed by atoms with Gasteiger partial charge in [0.1, 0.15) is 36.0 Å². The van der Waals surface area contributed by atoms with E-state index >= 15 is 0 Å². The van der Waals surface area contributed by atoms with Crippen molar-refractivity contribution in [3.63, 3.8) is 0 Å². The van der Waals surface area contributed by atoms with E-state index in [1.807, 2.05) is 24.3 Å². The van der Waals surface area contributed by atoms with Gasteiger partial charge in [0, 0.05) is 93.2 Å². The van der Waals surface area contributed by atoms with Gasteiger partial charge in [-0.3, -0.25) is 34.6 Å². The van der Waals surface area contributed by atoms with Gasteiger partial charge in [-0.2, -0.15) is 4.98 Å². The molecule has 0 aliphatic carbocycles. The van der Waals surface area contributed by atoms with E-state index in [0.717, 1.165) is 94.7 Å². The molecule has 3 aromatic carbocycles. The Morgan fingerprint density at radius 1 is 0.857 bits per heavy atom. The second-order valence-electron chi connectivity index (χ2n) is 19.1. The van der Waals surface area contributed by atoms with Crippen LogP contribution in [0, 0.1) is 6.92 Å². The molecule has 3 fully saturated rings. The van der Waals surface area contributed by atoms with Gasteiger partial charge in [0.05, 0.1) is 46.9 Å². The summed E-state index contributed by atoms with van der Waals surface area (Å²) in [6.07, 6.45) is 13.3. The van der Waals surface area contributed by atoms with Gasteiger partial charge in [-0.05, 0) is 111 Å². The summed E-state index contributed by atoms with van der Waals surface area (Å²) in [5.74, 6) is 1.43. The highest BCUT2D eigenvalue weighted by molar-refractivity contribution is 9.10. The van der Waals surface area contributed by atoms with Gasteiger partial charge in [-0.1, -0.05) is 25.3 Å². The Morgan fingerprint density at radius 3 is 2.40 bits per heavy atom. The molecule has 19 heteroatoms. The smallest absolute Gasteiger partial charge is 0.255 e. The number of anilines is 5. The first-order valence-electron chi connectivity index (χ1n) is 24.5. The number of imide groups is 1. The van der Waals surface area contributed by atoms with Crippen molar-refractivity contribution in [3.05, 3.63) is 82.2 Å². The Bertz CT molecular complexity index is 2790. The lowest BCUT2D eigenvalue weighted by Gasteiger charge is -2.43. The highest BCUT2D eigenvalue weighted by Gasteiger charge is 2.40. The Hall–Kier alpha value is -5.68. The maximum atomic E-state index is 13.5. The van der Waals surface area contributed by atoms with Crippen LogP contribution in [0.5, 0.6) is 11.5 Å². The number of halogens is 1. The number of piperazine rings is 1. The standard InChI is InChI=1S/C51H63BrN11O6P/c1-33-29-40(57-51-55-31-37(52)48(59-51)56-39-14-13-38-46(54-20-19-53-38)47(39)70(3,4)67)44(68-2)30-42(33)62-22-17-34(18-23-62)61-26-24-60(25-27-61)21-8-6-5-7-9-28-69-43-12-10-11-35-36(43)32-63(50(35)66)41-15-16-45(64)58-49(41)65/h10-14,19-20,29-31,34,41H,5-9,15-18,21-28,32H2,1-4H3,(H,58,64,65)(H2,55,56,57,59). The molecule has 0 saturated carbocycles. The van der Waals surface area contributed by atoms with Crippen LogP contribution in [0.4, 0.5) is 28.8 Å². The number of unbranched alkanes of at least 4 members (excludes halogenated alkanes) is 4. The van der Waals surface area contributed by atoms with Crippen molar-refractivity contribution >= 4 is 86.0 Å². The van der Waals surface area contributed by atoms with Crippen LogP contribution >= 0.6 is 23.1 Å². The lowest BCUT2D eigenvalue weighted by molar-refractivity contribution is -0.136. The molecule has 5 aromatic rings. The summed E-state index contributed by atoms with van der Waals surface area (Å²) in [5, 5.41) is 9.74. The molecule has 3 amide bonds. The van der Waals surface area contributed by atoms with Crippen LogP contribution in [0.2, 0.25) is 0 Å². The third-order valence-electron chi connectivity index (χ3n) is 14.1. The van der Waals surface area contributed by atoms with Crippen molar-refractivity contribution in [2.45, 2.75) is 83.3 Å². The second-order valence-corrected chi connectivity index (χ2v) is 23.1. The first-order chi connectivity index (χ1) is 33.8. The molecule has 9 rings (SSSR count). The molecular formula is C51H63BrN11O6P. The summed E-state index contributed by atoms with van der Waals surface area (Å²) in [4.78, 5) is 64.9. The van der Waals surface area contributed by atoms with E-state index in [2.05, 4.69) is 80.6 Å². The van der Waals surface area contributed by atoms with Crippen LogP contribution < -0.4 is 35.6 Å². The molecule has 0 spiro atoms. The van der Waals surface area contributed by atoms with E-state index in [-0.39, 0.29) is 18.2 Å². The summed E-state index contributed by atoms with van der Waals surface area (Å²) in [7, 11) is -1.09. The minimum absolute atomic E-state index is 0.180. The van der Waals surface area contributed by atoms with Crippen LogP contribution in [0.1, 0.15) is 79.3 Å². The summed E-state index contributed by atoms with van der Waals surface area (Å²) < 4.78 is 26.3. The Balaban J connectivity index is 0.691. The van der Waals surface area contributed by atoms with Gasteiger partial charge in [0.2, 0.25) is 17.8 Å². The molecule has 4 aliphatic rings. The Kier molecular flexibility index (Phi) is 15.3. The normalized spacial score (nSPS) is 18.3. The fourth-order valence-corrected chi connectivity index (χ4v) is 12.1. The molecule has 0 bridgehead atoms. The second kappa shape index (κ2) is 21.8. The monoisotopic (exact) mass is 1040 g/mol. The van der Waals surface area contributed by atoms with Crippen molar-refractivity contribution in [2.75, 3.05) is 88.4 Å². The number of benzene rings is 3. The molecule has 17 nitrogen and oxygen atoms in total. The number of carbonyl (C=O) groups excluding carboxylic acids is 3. The zero-order chi connectivity index (χ0) is 48.9. The van der Waals surface area contributed by atoms with E-state index in [4.69, 9.17) is 14.5 Å². The van der Waals surface area contributed by atoms with Gasteiger partial charge < -0.3 is 39.4 Å². The lowest BCUT2D eigenvalue weighted by Crippen LogP contribution is -2.53. The minimum Gasteiger partial charge on any atom is -0.494 e. The van der Waals surface area contributed by atoms with Crippen LogP contribution in [-0.4, -0.2) is 137 Å². The average molecular weight is 1040 g/mol. The zero-order valence-electron chi connectivity index (χ0n) is 40.5. The van der Waals surface area contributed by atoms with Gasteiger partial charge in [0.25, 0.3) is 5.91 Å². The molecular weight excluding hydrogens is 974 g/mol. The summed E-state index contributed by atoms with van der Waals surface area (Å²) >= 11 is 3.60. The van der Waals surface area contributed by atoms with E-state index in [1.54, 1.807) is 50.0 Å². The van der Waals surface area contributed by atoms with Crippen molar-refractivity contribution in [3.8, 4) is 11.5 Å². The van der Waals surface area contributed by atoms with E-state index < -0.39 is 19.1 Å².